The minimum absolute atomic E-state index is 0.813. The summed E-state index contributed by atoms with van der Waals surface area (Å²) in [4.78, 5) is 2.65. The third-order valence-corrected chi connectivity index (χ3v) is 2.85. The molecule has 1 rings (SSSR count). The zero-order valence-corrected chi connectivity index (χ0v) is 7.97. The number of rotatable bonds is 2. The first-order valence-corrected chi connectivity index (χ1v) is 5.08. The van der Waals surface area contributed by atoms with Gasteiger partial charge in [-0.3, -0.25) is 0 Å². The summed E-state index contributed by atoms with van der Waals surface area (Å²) in [5.74, 6) is 0. The predicted molar refractivity (Wildman–Crippen MR) is 49.8 cm³/mol. The van der Waals surface area contributed by atoms with Crippen LogP contribution in [-0.2, 0) is 0 Å². The highest BCUT2D eigenvalue weighted by atomic mass is 15.1. The van der Waals surface area contributed by atoms with Crippen LogP contribution in [-0.4, -0.2) is 24.0 Å². The van der Waals surface area contributed by atoms with Crippen molar-refractivity contribution in [3.05, 3.63) is 0 Å². The molecule has 0 N–H and O–H groups in total. The van der Waals surface area contributed by atoms with Crippen molar-refractivity contribution >= 4 is 0 Å². The highest BCUT2D eigenvalue weighted by molar-refractivity contribution is 4.68. The lowest BCUT2D eigenvalue weighted by Gasteiger charge is -2.26. The Labute approximate surface area is 70.8 Å². The Kier molecular flexibility index (Phi) is 3.92. The predicted octanol–water partition coefficient (Wildman–Crippen LogP) is 2.66. The van der Waals surface area contributed by atoms with Crippen molar-refractivity contribution in [2.75, 3.05) is 13.1 Å². The van der Waals surface area contributed by atoms with Crippen LogP contribution < -0.4 is 0 Å². The summed E-state index contributed by atoms with van der Waals surface area (Å²) in [6.45, 7) is 7.32. The van der Waals surface area contributed by atoms with Crippen LogP contribution >= 0.6 is 0 Å². The average molecular weight is 155 g/mol. The van der Waals surface area contributed by atoms with Gasteiger partial charge in [0.2, 0.25) is 0 Å². The molecule has 0 amide bonds. The van der Waals surface area contributed by atoms with Crippen LogP contribution in [0.25, 0.3) is 0 Å². The van der Waals surface area contributed by atoms with E-state index in [1.165, 1.54) is 45.2 Å². The fraction of sp³-hybridized carbons (Fsp3) is 1.00. The smallest absolute Gasteiger partial charge is 0.00643 e. The van der Waals surface area contributed by atoms with Gasteiger partial charge in [0, 0.05) is 6.04 Å². The van der Waals surface area contributed by atoms with Crippen LogP contribution in [0.15, 0.2) is 0 Å². The van der Waals surface area contributed by atoms with Crippen molar-refractivity contribution < 1.29 is 0 Å². The van der Waals surface area contributed by atoms with Gasteiger partial charge in [0.25, 0.3) is 0 Å². The summed E-state index contributed by atoms with van der Waals surface area (Å²) in [5, 5.41) is 0. The minimum atomic E-state index is 0.813. The average Bonchev–Trinajstić information content (AvgIpc) is 2.30. The van der Waals surface area contributed by atoms with Crippen molar-refractivity contribution in [3.63, 3.8) is 0 Å². The van der Waals surface area contributed by atoms with Gasteiger partial charge in [0.05, 0.1) is 0 Å². The molecule has 0 saturated carbocycles. The Morgan fingerprint density at radius 2 is 1.64 bits per heavy atom. The number of likely N-dealkylation sites (tertiary alicyclic amines) is 1. The monoisotopic (exact) mass is 155 g/mol. The van der Waals surface area contributed by atoms with Crippen LogP contribution in [0.1, 0.15) is 46.0 Å². The van der Waals surface area contributed by atoms with Crippen molar-refractivity contribution in [2.45, 2.75) is 52.0 Å². The Bertz CT molecular complexity index is 93.0. The summed E-state index contributed by atoms with van der Waals surface area (Å²) in [7, 11) is 0. The van der Waals surface area contributed by atoms with E-state index in [0.717, 1.165) is 6.04 Å². The maximum absolute atomic E-state index is 2.65. The normalized spacial score (nSPS) is 24.5. The molecule has 0 aromatic heterocycles. The molecule has 0 spiro atoms. The van der Waals surface area contributed by atoms with E-state index < -0.39 is 0 Å². The highest BCUT2D eigenvalue weighted by Crippen LogP contribution is 2.13. The Morgan fingerprint density at radius 3 is 2.09 bits per heavy atom. The van der Waals surface area contributed by atoms with Gasteiger partial charge in [0.1, 0.15) is 0 Å². The van der Waals surface area contributed by atoms with E-state index in [1.54, 1.807) is 0 Å². The number of hydrogen-bond donors (Lipinski definition) is 0. The van der Waals surface area contributed by atoms with E-state index in [0.29, 0.717) is 0 Å². The molecular weight excluding hydrogens is 134 g/mol. The van der Waals surface area contributed by atoms with Crippen LogP contribution in [0.3, 0.4) is 0 Å². The van der Waals surface area contributed by atoms with Crippen LogP contribution in [0.5, 0.6) is 0 Å². The molecule has 0 radical (unpaired) electrons. The Morgan fingerprint density at radius 1 is 1.09 bits per heavy atom. The molecule has 1 aliphatic heterocycles. The fourth-order valence-corrected chi connectivity index (χ4v) is 1.79. The zero-order chi connectivity index (χ0) is 8.10. The van der Waals surface area contributed by atoms with E-state index in [9.17, 15) is 0 Å². The van der Waals surface area contributed by atoms with E-state index in [1.807, 2.05) is 0 Å². The maximum atomic E-state index is 2.65. The summed E-state index contributed by atoms with van der Waals surface area (Å²) in [6, 6.07) is 0.813. The summed E-state index contributed by atoms with van der Waals surface area (Å²) in [5.41, 5.74) is 0. The highest BCUT2D eigenvalue weighted by Gasteiger charge is 2.12. The molecule has 1 saturated heterocycles. The van der Waals surface area contributed by atoms with Gasteiger partial charge in [-0.15, -0.1) is 0 Å². The fourth-order valence-electron chi connectivity index (χ4n) is 1.79. The lowest BCUT2D eigenvalue weighted by Crippen LogP contribution is -2.33. The lowest BCUT2D eigenvalue weighted by molar-refractivity contribution is 0.212. The molecule has 1 heterocycles. The molecule has 66 valence electrons. The van der Waals surface area contributed by atoms with Gasteiger partial charge in [0.15, 0.2) is 0 Å². The molecule has 11 heavy (non-hydrogen) atoms. The molecule has 1 nitrogen and oxygen atoms in total. The summed E-state index contributed by atoms with van der Waals surface area (Å²) < 4.78 is 0. The molecule has 1 heteroatoms. The second kappa shape index (κ2) is 4.76. The molecule has 0 aromatic rings. The van der Waals surface area contributed by atoms with Gasteiger partial charge in [-0.2, -0.15) is 0 Å². The molecule has 1 fully saturated rings. The van der Waals surface area contributed by atoms with Crippen molar-refractivity contribution in [3.8, 4) is 0 Å². The maximum Gasteiger partial charge on any atom is 0.00643 e. The van der Waals surface area contributed by atoms with Gasteiger partial charge in [-0.05, 0) is 39.3 Å². The van der Waals surface area contributed by atoms with Gasteiger partial charge >= 0.3 is 0 Å². The lowest BCUT2D eigenvalue weighted by atomic mass is 10.2. The van der Waals surface area contributed by atoms with Crippen LogP contribution in [0.2, 0.25) is 0 Å². The third kappa shape index (κ3) is 2.82. The SMILES string of the molecule is CC[C@H](C)N1CCCCCC1. The van der Waals surface area contributed by atoms with Crippen molar-refractivity contribution in [2.24, 2.45) is 0 Å². The Balaban J connectivity index is 2.30. The molecule has 0 aliphatic carbocycles. The summed E-state index contributed by atoms with van der Waals surface area (Å²) in [6.07, 6.45) is 7.05. The van der Waals surface area contributed by atoms with Crippen LogP contribution in [0.4, 0.5) is 0 Å². The van der Waals surface area contributed by atoms with E-state index in [2.05, 4.69) is 18.7 Å². The third-order valence-electron chi connectivity index (χ3n) is 2.85. The topological polar surface area (TPSA) is 3.24 Å². The first-order valence-electron chi connectivity index (χ1n) is 5.08. The minimum Gasteiger partial charge on any atom is -0.301 e. The van der Waals surface area contributed by atoms with Crippen molar-refractivity contribution in [1.29, 1.82) is 0 Å². The van der Waals surface area contributed by atoms with Crippen molar-refractivity contribution in [1.82, 2.24) is 4.90 Å². The number of nitrogens with zero attached hydrogens (tertiary/aromatic N) is 1. The van der Waals surface area contributed by atoms with E-state index in [-0.39, 0.29) is 0 Å². The first-order chi connectivity index (χ1) is 5.34. The Hall–Kier alpha value is -0.0400. The molecular formula is C10H21N. The molecule has 1 atom stereocenters. The zero-order valence-electron chi connectivity index (χ0n) is 7.97. The standard InChI is InChI=1S/C10H21N/c1-3-10(2)11-8-6-4-5-7-9-11/h10H,3-9H2,1-2H3/t10-/m0/s1. The van der Waals surface area contributed by atoms with E-state index in [4.69, 9.17) is 0 Å². The largest absolute Gasteiger partial charge is 0.301 e. The molecule has 1 aliphatic rings. The van der Waals surface area contributed by atoms with Gasteiger partial charge in [-0.1, -0.05) is 19.8 Å². The quantitative estimate of drug-likeness (QED) is 0.592. The molecule has 0 unspecified atom stereocenters. The molecule has 0 bridgehead atoms. The second-order valence-electron chi connectivity index (χ2n) is 3.71. The van der Waals surface area contributed by atoms with E-state index >= 15 is 0 Å². The van der Waals surface area contributed by atoms with Gasteiger partial charge < -0.3 is 4.90 Å². The molecule has 0 aromatic carbocycles. The summed E-state index contributed by atoms with van der Waals surface area (Å²) >= 11 is 0. The van der Waals surface area contributed by atoms with Crippen LogP contribution in [0, 0.1) is 0 Å². The van der Waals surface area contributed by atoms with Gasteiger partial charge in [-0.25, -0.2) is 0 Å². The number of hydrogen-bond acceptors (Lipinski definition) is 1. The first kappa shape index (κ1) is 9.05. The second-order valence-corrected chi connectivity index (χ2v) is 3.71.